The van der Waals surface area contributed by atoms with Gasteiger partial charge in [-0.15, -0.1) is 0 Å². The summed E-state index contributed by atoms with van der Waals surface area (Å²) >= 11 is 5.78. The number of nitrogens with one attached hydrogen (secondary N) is 1. The van der Waals surface area contributed by atoms with Crippen molar-refractivity contribution in [3.8, 4) is 6.07 Å². The fourth-order valence-corrected chi connectivity index (χ4v) is 2.13. The first kappa shape index (κ1) is 16.0. The second kappa shape index (κ2) is 7.60. The molecule has 4 nitrogen and oxygen atoms in total. The van der Waals surface area contributed by atoms with Crippen molar-refractivity contribution < 1.29 is 9.90 Å². The molecule has 0 aliphatic heterocycles. The van der Waals surface area contributed by atoms with Gasteiger partial charge in [0.25, 0.3) is 0 Å². The molecule has 2 aromatic carbocycles. The van der Waals surface area contributed by atoms with Gasteiger partial charge in [-0.25, -0.2) is 0 Å². The van der Waals surface area contributed by atoms with Gasteiger partial charge in [-0.2, -0.15) is 5.26 Å². The van der Waals surface area contributed by atoms with Gasteiger partial charge in [-0.3, -0.25) is 4.79 Å². The number of halogens is 1. The number of hydrogen-bond acceptors (Lipinski definition) is 3. The highest BCUT2D eigenvalue weighted by Crippen LogP contribution is 2.19. The Morgan fingerprint density at radius 3 is 2.68 bits per heavy atom. The summed E-state index contributed by atoms with van der Waals surface area (Å²) in [6, 6.07) is 15.8. The van der Waals surface area contributed by atoms with Crippen LogP contribution in [0.1, 0.15) is 29.2 Å². The second-order valence-corrected chi connectivity index (χ2v) is 5.30. The molecule has 0 bridgehead atoms. The van der Waals surface area contributed by atoms with Crippen LogP contribution >= 0.6 is 11.6 Å². The fourth-order valence-electron chi connectivity index (χ4n) is 2.00. The van der Waals surface area contributed by atoms with Gasteiger partial charge in [0.05, 0.1) is 24.2 Å². The van der Waals surface area contributed by atoms with Crippen molar-refractivity contribution in [3.05, 3.63) is 70.2 Å². The van der Waals surface area contributed by atoms with Crippen molar-refractivity contribution in [2.75, 3.05) is 0 Å². The molecule has 0 saturated carbocycles. The quantitative estimate of drug-likeness (QED) is 0.891. The molecular formula is C17H15ClN2O2. The molecule has 5 heteroatoms. The Bertz CT molecular complexity index is 693. The number of carbonyl (C=O) groups excluding carboxylic acids is 1. The highest BCUT2D eigenvalue weighted by Gasteiger charge is 2.12. The SMILES string of the molecule is N#Cc1cccc(CNC(=O)CC(O)c2ccc(Cl)cc2)c1. The summed E-state index contributed by atoms with van der Waals surface area (Å²) in [7, 11) is 0. The summed E-state index contributed by atoms with van der Waals surface area (Å²) in [4.78, 5) is 11.9. The number of nitriles is 1. The monoisotopic (exact) mass is 314 g/mol. The minimum absolute atomic E-state index is 0.0282. The molecule has 1 atom stereocenters. The topological polar surface area (TPSA) is 73.1 Å². The van der Waals surface area contributed by atoms with E-state index in [1.807, 2.05) is 12.1 Å². The lowest BCUT2D eigenvalue weighted by molar-refractivity contribution is -0.123. The Balaban J connectivity index is 1.87. The number of benzene rings is 2. The van der Waals surface area contributed by atoms with Gasteiger partial charge >= 0.3 is 0 Å². The Kier molecular flexibility index (Phi) is 5.54. The molecule has 0 fully saturated rings. The van der Waals surface area contributed by atoms with Crippen molar-refractivity contribution >= 4 is 17.5 Å². The van der Waals surface area contributed by atoms with Crippen molar-refractivity contribution in [1.29, 1.82) is 5.26 Å². The van der Waals surface area contributed by atoms with E-state index in [9.17, 15) is 9.90 Å². The van der Waals surface area contributed by atoms with E-state index in [1.165, 1.54) is 0 Å². The highest BCUT2D eigenvalue weighted by molar-refractivity contribution is 6.30. The van der Waals surface area contributed by atoms with E-state index >= 15 is 0 Å². The first-order valence-electron chi connectivity index (χ1n) is 6.78. The maximum Gasteiger partial charge on any atom is 0.223 e. The zero-order valence-electron chi connectivity index (χ0n) is 11.8. The molecule has 0 aliphatic carbocycles. The summed E-state index contributed by atoms with van der Waals surface area (Å²) < 4.78 is 0. The molecule has 1 unspecified atom stereocenters. The van der Waals surface area contributed by atoms with Crippen molar-refractivity contribution in [3.63, 3.8) is 0 Å². The van der Waals surface area contributed by atoms with E-state index in [-0.39, 0.29) is 12.3 Å². The third-order valence-electron chi connectivity index (χ3n) is 3.18. The number of aliphatic hydroxyl groups excluding tert-OH is 1. The van der Waals surface area contributed by atoms with Crippen LogP contribution in [0.3, 0.4) is 0 Å². The molecule has 0 saturated heterocycles. The molecule has 2 N–H and O–H groups in total. The molecule has 1 amide bonds. The largest absolute Gasteiger partial charge is 0.388 e. The maximum absolute atomic E-state index is 11.9. The first-order valence-corrected chi connectivity index (χ1v) is 7.15. The standard InChI is InChI=1S/C17H15ClN2O2/c18-15-6-4-14(5-7-15)16(21)9-17(22)20-11-13-3-1-2-12(8-13)10-19/h1-8,16,21H,9,11H2,(H,20,22). The molecule has 0 aliphatic rings. The van der Waals surface area contributed by atoms with Crippen LogP contribution in [0.25, 0.3) is 0 Å². The number of nitrogens with zero attached hydrogens (tertiary/aromatic N) is 1. The zero-order valence-corrected chi connectivity index (χ0v) is 12.5. The summed E-state index contributed by atoms with van der Waals surface area (Å²) in [6.45, 7) is 0.321. The molecule has 0 radical (unpaired) electrons. The van der Waals surface area contributed by atoms with Crippen LogP contribution in [-0.4, -0.2) is 11.0 Å². The van der Waals surface area contributed by atoms with Crippen LogP contribution in [0, 0.1) is 11.3 Å². The lowest BCUT2D eigenvalue weighted by Crippen LogP contribution is -2.24. The number of rotatable bonds is 5. The lowest BCUT2D eigenvalue weighted by Gasteiger charge is -2.11. The van der Waals surface area contributed by atoms with Crippen LogP contribution in [0.4, 0.5) is 0 Å². The fraction of sp³-hybridized carbons (Fsp3) is 0.176. The van der Waals surface area contributed by atoms with E-state index in [4.69, 9.17) is 16.9 Å². The second-order valence-electron chi connectivity index (χ2n) is 4.86. The summed E-state index contributed by atoms with van der Waals surface area (Å²) in [5.74, 6) is -0.259. The predicted octanol–water partition coefficient (Wildman–Crippen LogP) is 2.95. The number of hydrogen-bond donors (Lipinski definition) is 2. The minimum Gasteiger partial charge on any atom is -0.388 e. The van der Waals surface area contributed by atoms with Gasteiger partial charge in [0.2, 0.25) is 5.91 Å². The molecule has 0 heterocycles. The van der Waals surface area contributed by atoms with Crippen LogP contribution in [0.2, 0.25) is 5.02 Å². The van der Waals surface area contributed by atoms with E-state index in [0.29, 0.717) is 22.7 Å². The molecular weight excluding hydrogens is 300 g/mol. The smallest absolute Gasteiger partial charge is 0.223 e. The number of aliphatic hydroxyl groups is 1. The van der Waals surface area contributed by atoms with Crippen LogP contribution in [0.5, 0.6) is 0 Å². The Labute approximate surface area is 134 Å². The average Bonchev–Trinajstić information content (AvgIpc) is 2.53. The minimum atomic E-state index is -0.872. The third kappa shape index (κ3) is 4.59. The first-order chi connectivity index (χ1) is 10.6. The molecule has 0 spiro atoms. The predicted molar refractivity (Wildman–Crippen MR) is 84.0 cm³/mol. The summed E-state index contributed by atoms with van der Waals surface area (Å²) in [6.07, 6.45) is -0.901. The van der Waals surface area contributed by atoms with Crippen LogP contribution in [-0.2, 0) is 11.3 Å². The normalized spacial score (nSPS) is 11.5. The van der Waals surface area contributed by atoms with E-state index < -0.39 is 6.10 Å². The summed E-state index contributed by atoms with van der Waals surface area (Å²) in [5.41, 5.74) is 2.03. The Hall–Kier alpha value is -2.35. The Morgan fingerprint density at radius 2 is 2.00 bits per heavy atom. The molecule has 2 rings (SSSR count). The number of carbonyl (C=O) groups is 1. The zero-order chi connectivity index (χ0) is 15.9. The lowest BCUT2D eigenvalue weighted by atomic mass is 10.1. The number of amides is 1. The van der Waals surface area contributed by atoms with Crippen molar-refractivity contribution in [2.45, 2.75) is 19.1 Å². The van der Waals surface area contributed by atoms with Gasteiger partial charge in [0.1, 0.15) is 0 Å². The molecule has 112 valence electrons. The van der Waals surface area contributed by atoms with Gasteiger partial charge in [0.15, 0.2) is 0 Å². The molecule has 0 aromatic heterocycles. The van der Waals surface area contributed by atoms with Gasteiger partial charge in [-0.05, 0) is 35.4 Å². The summed E-state index contributed by atoms with van der Waals surface area (Å²) in [5, 5.41) is 22.1. The van der Waals surface area contributed by atoms with Gasteiger partial charge < -0.3 is 10.4 Å². The molecule has 2 aromatic rings. The van der Waals surface area contributed by atoms with Gasteiger partial charge in [-0.1, -0.05) is 35.9 Å². The third-order valence-corrected chi connectivity index (χ3v) is 3.43. The highest BCUT2D eigenvalue weighted by atomic mass is 35.5. The van der Waals surface area contributed by atoms with Crippen molar-refractivity contribution in [1.82, 2.24) is 5.32 Å². The van der Waals surface area contributed by atoms with Crippen LogP contribution < -0.4 is 5.32 Å². The van der Waals surface area contributed by atoms with E-state index in [0.717, 1.165) is 5.56 Å². The van der Waals surface area contributed by atoms with E-state index in [2.05, 4.69) is 5.32 Å². The average molecular weight is 315 g/mol. The van der Waals surface area contributed by atoms with Crippen molar-refractivity contribution in [2.24, 2.45) is 0 Å². The van der Waals surface area contributed by atoms with Crippen LogP contribution in [0.15, 0.2) is 48.5 Å². The maximum atomic E-state index is 11.9. The van der Waals surface area contributed by atoms with Gasteiger partial charge in [0, 0.05) is 11.6 Å². The van der Waals surface area contributed by atoms with E-state index in [1.54, 1.807) is 42.5 Å². The molecule has 22 heavy (non-hydrogen) atoms. The Morgan fingerprint density at radius 1 is 1.27 bits per heavy atom.